The second-order valence-corrected chi connectivity index (χ2v) is 3.80. The Morgan fingerprint density at radius 3 is 2.38 bits per heavy atom. The normalized spacial score (nSPS) is 28.1. The molecule has 0 bridgehead atoms. The molecule has 0 heterocycles. The fourth-order valence-electron chi connectivity index (χ4n) is 1.56. The zero-order valence-corrected chi connectivity index (χ0v) is 8.14. The number of nitrogens with two attached hydrogens (primary N) is 1. The third-order valence-corrected chi connectivity index (χ3v) is 2.42. The van der Waals surface area contributed by atoms with E-state index in [4.69, 9.17) is 5.73 Å². The highest BCUT2D eigenvalue weighted by Gasteiger charge is 2.25. The van der Waals surface area contributed by atoms with Gasteiger partial charge < -0.3 is 16.2 Å². The van der Waals surface area contributed by atoms with Crippen LogP contribution in [0.1, 0.15) is 25.7 Å². The van der Waals surface area contributed by atoms with E-state index in [0.717, 1.165) is 12.8 Å². The molecule has 0 aromatic heterocycles. The molecule has 4 N–H and O–H groups in total. The van der Waals surface area contributed by atoms with Crippen LogP contribution in [0.5, 0.6) is 0 Å². The molecule has 4 nitrogen and oxygen atoms in total. The Bertz CT molecular complexity index is 212. The predicted octanol–water partition coefficient (Wildman–Crippen LogP) is -0.103. The summed E-state index contributed by atoms with van der Waals surface area (Å²) in [6.07, 6.45) is 2.57. The van der Waals surface area contributed by atoms with Gasteiger partial charge in [0.2, 0.25) is 5.91 Å². The van der Waals surface area contributed by atoms with Crippen molar-refractivity contribution in [3.63, 3.8) is 0 Å². The quantitative estimate of drug-likeness (QED) is 0.519. The molecule has 1 aliphatic carbocycles. The Balaban J connectivity index is 2.36. The van der Waals surface area contributed by atoms with E-state index in [9.17, 15) is 9.90 Å². The van der Waals surface area contributed by atoms with E-state index in [1.165, 1.54) is 0 Å². The molecule has 1 saturated carbocycles. The van der Waals surface area contributed by atoms with Crippen LogP contribution in [0, 0.1) is 5.92 Å². The van der Waals surface area contributed by atoms with Crippen LogP contribution in [-0.2, 0) is 4.79 Å². The number of aliphatic hydroxyl groups excluding tert-OH is 1. The SMILES string of the molecule is NC(=S)NC(=O)C1CCC(O)CC1. The third-order valence-electron chi connectivity index (χ3n) is 2.31. The molecule has 5 heteroatoms. The van der Waals surface area contributed by atoms with E-state index in [0.29, 0.717) is 12.8 Å². The van der Waals surface area contributed by atoms with Gasteiger partial charge in [-0.3, -0.25) is 4.79 Å². The fourth-order valence-corrected chi connectivity index (χ4v) is 1.66. The summed E-state index contributed by atoms with van der Waals surface area (Å²) in [4.78, 5) is 11.4. The van der Waals surface area contributed by atoms with Crippen molar-refractivity contribution in [2.24, 2.45) is 11.7 Å². The molecule has 0 unspecified atom stereocenters. The lowest BCUT2D eigenvalue weighted by atomic mass is 9.87. The first kappa shape index (κ1) is 10.4. The summed E-state index contributed by atoms with van der Waals surface area (Å²) in [5, 5.41) is 11.6. The monoisotopic (exact) mass is 202 g/mol. The lowest BCUT2D eigenvalue weighted by molar-refractivity contribution is -0.125. The van der Waals surface area contributed by atoms with Gasteiger partial charge in [0.05, 0.1) is 6.10 Å². The molecule has 0 aliphatic heterocycles. The standard InChI is InChI=1S/C8H14N2O2S/c9-8(13)10-7(12)5-1-3-6(11)4-2-5/h5-6,11H,1-4H2,(H3,9,10,12,13). The van der Waals surface area contributed by atoms with E-state index in [2.05, 4.69) is 17.5 Å². The van der Waals surface area contributed by atoms with Crippen molar-refractivity contribution in [1.29, 1.82) is 0 Å². The lowest BCUT2D eigenvalue weighted by Gasteiger charge is -2.24. The fraction of sp³-hybridized carbons (Fsp3) is 0.750. The van der Waals surface area contributed by atoms with Gasteiger partial charge in [-0.05, 0) is 37.9 Å². The van der Waals surface area contributed by atoms with Crippen molar-refractivity contribution in [2.75, 3.05) is 0 Å². The van der Waals surface area contributed by atoms with Crippen molar-refractivity contribution in [2.45, 2.75) is 31.8 Å². The molecule has 0 radical (unpaired) electrons. The predicted molar refractivity (Wildman–Crippen MR) is 52.9 cm³/mol. The van der Waals surface area contributed by atoms with E-state index in [-0.39, 0.29) is 23.0 Å². The zero-order chi connectivity index (χ0) is 9.84. The minimum Gasteiger partial charge on any atom is -0.393 e. The number of rotatable bonds is 1. The molecular weight excluding hydrogens is 188 g/mol. The number of nitrogens with one attached hydrogen (secondary N) is 1. The first-order valence-electron chi connectivity index (χ1n) is 4.38. The van der Waals surface area contributed by atoms with Crippen molar-refractivity contribution in [3.8, 4) is 0 Å². The van der Waals surface area contributed by atoms with E-state index >= 15 is 0 Å². The molecule has 0 spiro atoms. The molecular formula is C8H14N2O2S. The molecule has 0 saturated heterocycles. The van der Waals surface area contributed by atoms with Gasteiger partial charge in [-0.1, -0.05) is 0 Å². The van der Waals surface area contributed by atoms with E-state index < -0.39 is 0 Å². The Kier molecular flexibility index (Phi) is 3.62. The van der Waals surface area contributed by atoms with Crippen LogP contribution in [0.15, 0.2) is 0 Å². The van der Waals surface area contributed by atoms with Gasteiger partial charge in [-0.2, -0.15) is 0 Å². The lowest BCUT2D eigenvalue weighted by Crippen LogP contribution is -2.40. The molecule has 1 fully saturated rings. The first-order chi connectivity index (χ1) is 6.09. The third kappa shape index (κ3) is 3.28. The average Bonchev–Trinajstić information content (AvgIpc) is 2.04. The summed E-state index contributed by atoms with van der Waals surface area (Å²) < 4.78 is 0. The van der Waals surface area contributed by atoms with Gasteiger partial charge in [-0.25, -0.2) is 0 Å². The molecule has 0 aromatic rings. The summed E-state index contributed by atoms with van der Waals surface area (Å²) in [6.45, 7) is 0. The largest absolute Gasteiger partial charge is 0.393 e. The number of aliphatic hydroxyl groups is 1. The molecule has 0 atom stereocenters. The maximum Gasteiger partial charge on any atom is 0.229 e. The van der Waals surface area contributed by atoms with Crippen molar-refractivity contribution in [3.05, 3.63) is 0 Å². The average molecular weight is 202 g/mol. The van der Waals surface area contributed by atoms with Crippen LogP contribution >= 0.6 is 12.2 Å². The first-order valence-corrected chi connectivity index (χ1v) is 4.79. The van der Waals surface area contributed by atoms with Gasteiger partial charge in [0.25, 0.3) is 0 Å². The number of hydrogen-bond donors (Lipinski definition) is 3. The van der Waals surface area contributed by atoms with E-state index in [1.807, 2.05) is 0 Å². The molecule has 0 aromatic carbocycles. The van der Waals surface area contributed by atoms with Crippen LogP contribution < -0.4 is 11.1 Å². The van der Waals surface area contributed by atoms with E-state index in [1.54, 1.807) is 0 Å². The van der Waals surface area contributed by atoms with Crippen LogP contribution in [0.2, 0.25) is 0 Å². The van der Waals surface area contributed by atoms with Crippen molar-refractivity contribution in [1.82, 2.24) is 5.32 Å². The Morgan fingerprint density at radius 1 is 1.38 bits per heavy atom. The smallest absolute Gasteiger partial charge is 0.229 e. The summed E-state index contributed by atoms with van der Waals surface area (Å²) in [5.41, 5.74) is 5.18. The van der Waals surface area contributed by atoms with Crippen LogP contribution in [-0.4, -0.2) is 22.2 Å². The number of thiocarbonyl (C=S) groups is 1. The number of amides is 1. The Hall–Kier alpha value is -0.680. The number of carbonyl (C=O) groups excluding carboxylic acids is 1. The molecule has 13 heavy (non-hydrogen) atoms. The summed E-state index contributed by atoms with van der Waals surface area (Å²) in [6, 6.07) is 0. The summed E-state index contributed by atoms with van der Waals surface area (Å²) in [5.74, 6) is -0.149. The highest BCUT2D eigenvalue weighted by Crippen LogP contribution is 2.23. The van der Waals surface area contributed by atoms with Gasteiger partial charge in [0.15, 0.2) is 5.11 Å². The minimum absolute atomic E-state index is 0.0242. The van der Waals surface area contributed by atoms with Gasteiger partial charge >= 0.3 is 0 Å². The van der Waals surface area contributed by atoms with Gasteiger partial charge in [0, 0.05) is 5.92 Å². The zero-order valence-electron chi connectivity index (χ0n) is 7.32. The Morgan fingerprint density at radius 2 is 1.92 bits per heavy atom. The molecule has 1 aliphatic rings. The maximum atomic E-state index is 11.4. The minimum atomic E-state index is -0.242. The molecule has 1 amide bonds. The molecule has 1 rings (SSSR count). The highest BCUT2D eigenvalue weighted by atomic mass is 32.1. The topological polar surface area (TPSA) is 75.3 Å². The van der Waals surface area contributed by atoms with Crippen molar-refractivity contribution < 1.29 is 9.90 Å². The van der Waals surface area contributed by atoms with Crippen LogP contribution in [0.25, 0.3) is 0 Å². The van der Waals surface area contributed by atoms with Gasteiger partial charge in [-0.15, -0.1) is 0 Å². The summed E-state index contributed by atoms with van der Waals surface area (Å²) in [7, 11) is 0. The van der Waals surface area contributed by atoms with Crippen LogP contribution in [0.4, 0.5) is 0 Å². The number of hydrogen-bond acceptors (Lipinski definition) is 3. The second-order valence-electron chi connectivity index (χ2n) is 3.36. The maximum absolute atomic E-state index is 11.4. The van der Waals surface area contributed by atoms with Crippen LogP contribution in [0.3, 0.4) is 0 Å². The number of carbonyl (C=O) groups is 1. The highest BCUT2D eigenvalue weighted by molar-refractivity contribution is 7.80. The Labute approximate surface area is 82.5 Å². The molecule has 74 valence electrons. The summed E-state index contributed by atoms with van der Waals surface area (Å²) >= 11 is 4.56. The van der Waals surface area contributed by atoms with Crippen molar-refractivity contribution >= 4 is 23.2 Å². The van der Waals surface area contributed by atoms with Gasteiger partial charge in [0.1, 0.15) is 0 Å². The second kappa shape index (κ2) is 4.53.